The van der Waals surface area contributed by atoms with Gasteiger partial charge in [-0.15, -0.1) is 0 Å². The van der Waals surface area contributed by atoms with Crippen molar-refractivity contribution >= 4 is 0 Å². The molecule has 3 N–H and O–H groups in total. The van der Waals surface area contributed by atoms with Crippen molar-refractivity contribution in [1.29, 1.82) is 0 Å². The third kappa shape index (κ3) is 3.39. The molecule has 0 atom stereocenters. The standard InChI is InChI=1S/C15H23NO2/c1-15(2)7-5-12(6-8-15)16-10-11-3-4-13(17)14(18)9-11/h3-4,9,12,16-18H,5-8,10H2,1-2H3. The van der Waals surface area contributed by atoms with Crippen LogP contribution in [0.2, 0.25) is 0 Å². The van der Waals surface area contributed by atoms with E-state index in [0.29, 0.717) is 11.5 Å². The number of nitrogens with one attached hydrogen (secondary N) is 1. The molecule has 0 saturated heterocycles. The number of benzene rings is 1. The smallest absolute Gasteiger partial charge is 0.157 e. The maximum absolute atomic E-state index is 9.43. The van der Waals surface area contributed by atoms with E-state index in [-0.39, 0.29) is 11.5 Å². The van der Waals surface area contributed by atoms with Crippen molar-refractivity contribution < 1.29 is 10.2 Å². The maximum atomic E-state index is 9.43. The third-order valence-electron chi connectivity index (χ3n) is 3.97. The summed E-state index contributed by atoms with van der Waals surface area (Å²) in [5.74, 6) is -0.0998. The molecule has 3 heteroatoms. The molecular formula is C15H23NO2. The highest BCUT2D eigenvalue weighted by Gasteiger charge is 2.26. The second kappa shape index (κ2) is 5.19. The molecule has 1 aliphatic rings. The van der Waals surface area contributed by atoms with E-state index < -0.39 is 0 Å². The Balaban J connectivity index is 1.83. The minimum absolute atomic E-state index is 0.0425. The van der Waals surface area contributed by atoms with Gasteiger partial charge in [0.1, 0.15) is 0 Å². The summed E-state index contributed by atoms with van der Waals surface area (Å²) < 4.78 is 0. The Kier molecular flexibility index (Phi) is 3.81. The molecule has 1 aromatic carbocycles. The Bertz CT molecular complexity index is 405. The van der Waals surface area contributed by atoms with Crippen molar-refractivity contribution in [2.45, 2.75) is 52.1 Å². The lowest BCUT2D eigenvalue weighted by atomic mass is 9.75. The zero-order valence-electron chi connectivity index (χ0n) is 11.2. The minimum Gasteiger partial charge on any atom is -0.504 e. The van der Waals surface area contributed by atoms with Crippen LogP contribution in [-0.4, -0.2) is 16.3 Å². The van der Waals surface area contributed by atoms with Gasteiger partial charge in [-0.1, -0.05) is 19.9 Å². The molecule has 0 amide bonds. The van der Waals surface area contributed by atoms with Crippen LogP contribution < -0.4 is 5.32 Å². The Labute approximate surface area is 109 Å². The van der Waals surface area contributed by atoms with Gasteiger partial charge in [-0.3, -0.25) is 0 Å². The predicted octanol–water partition coefficient (Wildman–Crippen LogP) is 3.16. The SMILES string of the molecule is CC1(C)CCC(NCc2ccc(O)c(O)c2)CC1. The molecule has 1 aromatic rings. The van der Waals surface area contributed by atoms with Crippen molar-refractivity contribution in [3.63, 3.8) is 0 Å². The molecule has 1 saturated carbocycles. The second-order valence-corrected chi connectivity index (χ2v) is 6.14. The van der Waals surface area contributed by atoms with E-state index >= 15 is 0 Å². The third-order valence-corrected chi connectivity index (χ3v) is 3.97. The van der Waals surface area contributed by atoms with Gasteiger partial charge in [-0.25, -0.2) is 0 Å². The van der Waals surface area contributed by atoms with E-state index in [1.54, 1.807) is 6.07 Å². The van der Waals surface area contributed by atoms with Gasteiger partial charge in [-0.05, 0) is 48.8 Å². The van der Waals surface area contributed by atoms with Gasteiger partial charge in [0.15, 0.2) is 11.5 Å². The fourth-order valence-electron chi connectivity index (χ4n) is 2.54. The van der Waals surface area contributed by atoms with E-state index in [1.807, 2.05) is 6.07 Å². The first-order valence-electron chi connectivity index (χ1n) is 6.70. The van der Waals surface area contributed by atoms with E-state index in [9.17, 15) is 10.2 Å². The molecule has 0 spiro atoms. The first kappa shape index (κ1) is 13.2. The molecule has 0 bridgehead atoms. The lowest BCUT2D eigenvalue weighted by Gasteiger charge is -2.34. The Morgan fingerprint density at radius 3 is 2.44 bits per heavy atom. The zero-order chi connectivity index (χ0) is 13.2. The fraction of sp³-hybridized carbons (Fsp3) is 0.600. The van der Waals surface area contributed by atoms with Crippen LogP contribution in [0.3, 0.4) is 0 Å². The fourth-order valence-corrected chi connectivity index (χ4v) is 2.54. The molecule has 0 unspecified atom stereocenters. The molecule has 1 fully saturated rings. The van der Waals surface area contributed by atoms with E-state index in [0.717, 1.165) is 12.1 Å². The van der Waals surface area contributed by atoms with Crippen molar-refractivity contribution in [3.05, 3.63) is 23.8 Å². The van der Waals surface area contributed by atoms with Gasteiger partial charge in [-0.2, -0.15) is 0 Å². The topological polar surface area (TPSA) is 52.5 Å². The van der Waals surface area contributed by atoms with E-state index in [1.165, 1.54) is 31.7 Å². The molecule has 1 aliphatic carbocycles. The summed E-state index contributed by atoms with van der Waals surface area (Å²) in [5.41, 5.74) is 1.50. The van der Waals surface area contributed by atoms with Gasteiger partial charge in [0.05, 0.1) is 0 Å². The van der Waals surface area contributed by atoms with Crippen LogP contribution in [0, 0.1) is 5.41 Å². The van der Waals surface area contributed by atoms with Crippen LogP contribution >= 0.6 is 0 Å². The zero-order valence-corrected chi connectivity index (χ0v) is 11.2. The number of rotatable bonds is 3. The first-order valence-corrected chi connectivity index (χ1v) is 6.70. The highest BCUT2D eigenvalue weighted by atomic mass is 16.3. The van der Waals surface area contributed by atoms with Crippen molar-refractivity contribution in [3.8, 4) is 11.5 Å². The maximum Gasteiger partial charge on any atom is 0.157 e. The minimum atomic E-state index is -0.0573. The lowest BCUT2D eigenvalue weighted by Crippen LogP contribution is -2.35. The number of hydrogen-bond donors (Lipinski definition) is 3. The summed E-state index contributed by atoms with van der Waals surface area (Å²) in [4.78, 5) is 0. The van der Waals surface area contributed by atoms with Gasteiger partial charge in [0.2, 0.25) is 0 Å². The largest absolute Gasteiger partial charge is 0.504 e. The van der Waals surface area contributed by atoms with Gasteiger partial charge in [0.25, 0.3) is 0 Å². The van der Waals surface area contributed by atoms with Gasteiger partial charge >= 0.3 is 0 Å². The number of hydrogen-bond acceptors (Lipinski definition) is 3. The molecule has 18 heavy (non-hydrogen) atoms. The average Bonchev–Trinajstić information content (AvgIpc) is 2.32. The molecule has 100 valence electrons. The summed E-state index contributed by atoms with van der Waals surface area (Å²) in [7, 11) is 0. The number of aromatic hydroxyl groups is 2. The molecule has 0 radical (unpaired) electrons. The lowest BCUT2D eigenvalue weighted by molar-refractivity contribution is 0.206. The molecule has 0 heterocycles. The molecule has 3 nitrogen and oxygen atoms in total. The van der Waals surface area contributed by atoms with Crippen molar-refractivity contribution in [2.24, 2.45) is 5.41 Å². The van der Waals surface area contributed by atoms with Gasteiger partial charge in [0, 0.05) is 12.6 Å². The van der Waals surface area contributed by atoms with E-state index in [4.69, 9.17) is 0 Å². The van der Waals surface area contributed by atoms with Crippen LogP contribution in [0.1, 0.15) is 45.1 Å². The first-order chi connectivity index (χ1) is 8.46. The Hall–Kier alpha value is -1.22. The summed E-state index contributed by atoms with van der Waals surface area (Å²) >= 11 is 0. The van der Waals surface area contributed by atoms with Crippen LogP contribution in [0.5, 0.6) is 11.5 Å². The van der Waals surface area contributed by atoms with Crippen LogP contribution in [0.15, 0.2) is 18.2 Å². The Morgan fingerprint density at radius 2 is 1.83 bits per heavy atom. The van der Waals surface area contributed by atoms with Crippen molar-refractivity contribution in [2.75, 3.05) is 0 Å². The number of phenols is 2. The molecule has 0 aliphatic heterocycles. The van der Waals surface area contributed by atoms with Crippen molar-refractivity contribution in [1.82, 2.24) is 5.32 Å². The Morgan fingerprint density at radius 1 is 1.17 bits per heavy atom. The summed E-state index contributed by atoms with van der Waals surface area (Å²) in [6.07, 6.45) is 4.98. The molecule has 2 rings (SSSR count). The highest BCUT2D eigenvalue weighted by Crippen LogP contribution is 2.35. The second-order valence-electron chi connectivity index (χ2n) is 6.14. The quantitative estimate of drug-likeness (QED) is 0.721. The highest BCUT2D eigenvalue weighted by molar-refractivity contribution is 5.40. The summed E-state index contributed by atoms with van der Waals surface area (Å²) in [6.45, 7) is 5.42. The average molecular weight is 249 g/mol. The van der Waals surface area contributed by atoms with Crippen LogP contribution in [0.4, 0.5) is 0 Å². The normalized spacial score (nSPS) is 19.9. The molecule has 0 aromatic heterocycles. The summed E-state index contributed by atoms with van der Waals surface area (Å²) in [5, 5.41) is 22.2. The predicted molar refractivity (Wildman–Crippen MR) is 72.6 cm³/mol. The van der Waals surface area contributed by atoms with E-state index in [2.05, 4.69) is 19.2 Å². The van der Waals surface area contributed by atoms with Gasteiger partial charge < -0.3 is 15.5 Å². The van der Waals surface area contributed by atoms with Crippen LogP contribution in [0.25, 0.3) is 0 Å². The molecular weight excluding hydrogens is 226 g/mol. The number of phenolic OH excluding ortho intramolecular Hbond substituents is 2. The van der Waals surface area contributed by atoms with Crippen LogP contribution in [-0.2, 0) is 6.54 Å². The summed E-state index contributed by atoms with van der Waals surface area (Å²) in [6, 6.07) is 5.58. The monoisotopic (exact) mass is 249 g/mol.